The molecule has 4 aromatic rings. The van der Waals surface area contributed by atoms with Crippen LogP contribution in [0, 0.1) is 6.92 Å². The fraction of sp³-hybridized carbons (Fsp3) is 0.160. The van der Waals surface area contributed by atoms with Gasteiger partial charge in [0.2, 0.25) is 0 Å². The predicted molar refractivity (Wildman–Crippen MR) is 122 cm³/mol. The highest BCUT2D eigenvalue weighted by Gasteiger charge is 2.18. The Morgan fingerprint density at radius 2 is 1.87 bits per heavy atom. The highest BCUT2D eigenvalue weighted by molar-refractivity contribution is 6.06. The Balaban J connectivity index is 1.62. The van der Waals surface area contributed by atoms with Gasteiger partial charge in [-0.25, -0.2) is 4.98 Å². The van der Waals surface area contributed by atoms with Crippen LogP contribution in [0.3, 0.4) is 0 Å². The van der Waals surface area contributed by atoms with Gasteiger partial charge in [-0.3, -0.25) is 9.78 Å². The van der Waals surface area contributed by atoms with Crippen LogP contribution < -0.4 is 10.6 Å². The zero-order valence-electron chi connectivity index (χ0n) is 17.2. The van der Waals surface area contributed by atoms with Crippen LogP contribution in [-0.2, 0) is 0 Å². The minimum atomic E-state index is -0.222. The molecule has 0 aliphatic heterocycles. The first-order valence-electron chi connectivity index (χ1n) is 10.2. The van der Waals surface area contributed by atoms with E-state index in [4.69, 9.17) is 4.98 Å². The summed E-state index contributed by atoms with van der Waals surface area (Å²) in [4.78, 5) is 21.7. The second-order valence-corrected chi connectivity index (χ2v) is 7.31. The van der Waals surface area contributed by atoms with Crippen LogP contribution in [-0.4, -0.2) is 34.1 Å². The molecule has 4 rings (SSSR count). The molecule has 0 saturated carbocycles. The Labute approximate surface area is 181 Å². The third kappa shape index (κ3) is 4.77. The SMILES string of the molecule is Cc1ccc(NC(=O)c2ccc3cnccc3c2)nc1C(NCCO)c1ccccc1. The molecule has 6 heteroatoms. The Hall–Kier alpha value is -3.61. The number of hydrogen-bond donors (Lipinski definition) is 3. The number of carbonyl (C=O) groups is 1. The summed E-state index contributed by atoms with van der Waals surface area (Å²) in [5.41, 5.74) is 3.40. The molecule has 0 bridgehead atoms. The molecule has 31 heavy (non-hydrogen) atoms. The zero-order valence-corrected chi connectivity index (χ0v) is 17.2. The second kappa shape index (κ2) is 9.47. The Bertz CT molecular complexity index is 1190. The third-order valence-electron chi connectivity index (χ3n) is 5.15. The van der Waals surface area contributed by atoms with Gasteiger partial charge in [-0.05, 0) is 47.7 Å². The lowest BCUT2D eigenvalue weighted by Gasteiger charge is -2.21. The van der Waals surface area contributed by atoms with Crippen molar-refractivity contribution in [2.24, 2.45) is 0 Å². The van der Waals surface area contributed by atoms with Crippen molar-refractivity contribution in [3.8, 4) is 0 Å². The quantitative estimate of drug-likeness (QED) is 0.429. The molecule has 0 spiro atoms. The number of benzene rings is 2. The third-order valence-corrected chi connectivity index (χ3v) is 5.15. The second-order valence-electron chi connectivity index (χ2n) is 7.31. The molecule has 0 aliphatic rings. The number of aryl methyl sites for hydroxylation is 1. The number of pyridine rings is 2. The molecule has 2 aromatic carbocycles. The summed E-state index contributed by atoms with van der Waals surface area (Å²) in [5, 5.41) is 17.5. The summed E-state index contributed by atoms with van der Waals surface area (Å²) in [6, 6.07) is 20.9. The molecular weight excluding hydrogens is 388 g/mol. The minimum Gasteiger partial charge on any atom is -0.395 e. The maximum atomic E-state index is 12.9. The van der Waals surface area contributed by atoms with Crippen molar-refractivity contribution in [2.75, 3.05) is 18.5 Å². The zero-order chi connectivity index (χ0) is 21.6. The molecule has 0 saturated heterocycles. The number of aromatic nitrogens is 2. The average Bonchev–Trinajstić information content (AvgIpc) is 2.81. The number of aliphatic hydroxyl groups excluding tert-OH is 1. The van der Waals surface area contributed by atoms with Crippen molar-refractivity contribution in [1.29, 1.82) is 0 Å². The Kier molecular flexibility index (Phi) is 6.31. The fourth-order valence-electron chi connectivity index (χ4n) is 3.55. The van der Waals surface area contributed by atoms with Gasteiger partial charge in [-0.1, -0.05) is 42.5 Å². The van der Waals surface area contributed by atoms with Crippen molar-refractivity contribution >= 4 is 22.5 Å². The summed E-state index contributed by atoms with van der Waals surface area (Å²) in [5.74, 6) is 0.257. The molecule has 1 unspecified atom stereocenters. The van der Waals surface area contributed by atoms with Crippen LogP contribution in [0.25, 0.3) is 10.8 Å². The van der Waals surface area contributed by atoms with Gasteiger partial charge in [0.15, 0.2) is 0 Å². The van der Waals surface area contributed by atoms with Crippen molar-refractivity contribution in [3.05, 3.63) is 102 Å². The molecule has 6 nitrogen and oxygen atoms in total. The molecule has 1 amide bonds. The number of amides is 1. The van der Waals surface area contributed by atoms with Crippen LogP contribution in [0.1, 0.15) is 33.2 Å². The van der Waals surface area contributed by atoms with Crippen LogP contribution in [0.4, 0.5) is 5.82 Å². The number of aliphatic hydroxyl groups is 1. The molecule has 3 N–H and O–H groups in total. The van der Waals surface area contributed by atoms with E-state index in [1.165, 1.54) is 0 Å². The van der Waals surface area contributed by atoms with E-state index in [1.54, 1.807) is 24.5 Å². The van der Waals surface area contributed by atoms with Crippen molar-refractivity contribution in [3.63, 3.8) is 0 Å². The smallest absolute Gasteiger partial charge is 0.256 e. The first kappa shape index (κ1) is 20.7. The monoisotopic (exact) mass is 412 g/mol. The molecule has 0 fully saturated rings. The number of hydrogen-bond acceptors (Lipinski definition) is 5. The van der Waals surface area contributed by atoms with E-state index in [0.29, 0.717) is 17.9 Å². The van der Waals surface area contributed by atoms with E-state index in [1.807, 2.05) is 61.5 Å². The lowest BCUT2D eigenvalue weighted by molar-refractivity contribution is 0.102. The first-order valence-corrected chi connectivity index (χ1v) is 10.2. The number of anilines is 1. The molecule has 2 aromatic heterocycles. The van der Waals surface area contributed by atoms with Gasteiger partial charge in [0, 0.05) is 29.9 Å². The fourth-order valence-corrected chi connectivity index (χ4v) is 3.55. The number of fused-ring (bicyclic) bond motifs is 1. The van der Waals surface area contributed by atoms with Crippen molar-refractivity contribution < 1.29 is 9.90 Å². The summed E-state index contributed by atoms with van der Waals surface area (Å²) < 4.78 is 0. The van der Waals surface area contributed by atoms with Gasteiger partial charge >= 0.3 is 0 Å². The summed E-state index contributed by atoms with van der Waals surface area (Å²) in [7, 11) is 0. The summed E-state index contributed by atoms with van der Waals surface area (Å²) in [6.07, 6.45) is 3.48. The van der Waals surface area contributed by atoms with E-state index in [2.05, 4.69) is 15.6 Å². The maximum absolute atomic E-state index is 12.9. The molecule has 156 valence electrons. The molecule has 2 heterocycles. The lowest BCUT2D eigenvalue weighted by atomic mass is 10.00. The van der Waals surface area contributed by atoms with Crippen LogP contribution in [0.2, 0.25) is 0 Å². The Morgan fingerprint density at radius 1 is 1.03 bits per heavy atom. The highest BCUT2D eigenvalue weighted by atomic mass is 16.3. The largest absolute Gasteiger partial charge is 0.395 e. The van der Waals surface area contributed by atoms with Gasteiger partial charge < -0.3 is 15.7 Å². The van der Waals surface area contributed by atoms with E-state index in [0.717, 1.165) is 27.6 Å². The van der Waals surface area contributed by atoms with Gasteiger partial charge in [-0.15, -0.1) is 0 Å². The first-order chi connectivity index (χ1) is 15.2. The van der Waals surface area contributed by atoms with Gasteiger partial charge in [0.05, 0.1) is 18.3 Å². The maximum Gasteiger partial charge on any atom is 0.256 e. The summed E-state index contributed by atoms with van der Waals surface area (Å²) in [6.45, 7) is 2.45. The van der Waals surface area contributed by atoms with Gasteiger partial charge in [-0.2, -0.15) is 0 Å². The molecular formula is C25H24N4O2. The molecule has 0 radical (unpaired) electrons. The van der Waals surface area contributed by atoms with Crippen molar-refractivity contribution in [2.45, 2.75) is 13.0 Å². The normalized spacial score (nSPS) is 11.9. The number of carbonyl (C=O) groups excluding carboxylic acids is 1. The van der Waals surface area contributed by atoms with E-state index in [-0.39, 0.29) is 18.6 Å². The number of rotatable bonds is 7. The molecule has 0 aliphatic carbocycles. The van der Waals surface area contributed by atoms with Crippen LogP contribution in [0.5, 0.6) is 0 Å². The van der Waals surface area contributed by atoms with Gasteiger partial charge in [0.25, 0.3) is 5.91 Å². The van der Waals surface area contributed by atoms with E-state index >= 15 is 0 Å². The average molecular weight is 412 g/mol. The number of nitrogens with zero attached hydrogens (tertiary/aromatic N) is 2. The standard InChI is InChI=1S/C25H24N4O2/c1-17-7-10-22(28-23(17)24(27-13-14-30)18-5-3-2-4-6-18)29-25(31)20-8-9-21-16-26-12-11-19(21)15-20/h2-12,15-16,24,27,30H,13-14H2,1H3,(H,28,29,31). The van der Waals surface area contributed by atoms with E-state index in [9.17, 15) is 9.90 Å². The topological polar surface area (TPSA) is 87.1 Å². The predicted octanol–water partition coefficient (Wildman–Crippen LogP) is 3.86. The van der Waals surface area contributed by atoms with Gasteiger partial charge in [0.1, 0.15) is 5.82 Å². The minimum absolute atomic E-state index is 0.0241. The molecule has 1 atom stereocenters. The van der Waals surface area contributed by atoms with Crippen LogP contribution >= 0.6 is 0 Å². The number of nitrogens with one attached hydrogen (secondary N) is 2. The Morgan fingerprint density at radius 3 is 2.68 bits per heavy atom. The van der Waals surface area contributed by atoms with Crippen molar-refractivity contribution in [1.82, 2.24) is 15.3 Å². The van der Waals surface area contributed by atoms with E-state index < -0.39 is 0 Å². The lowest BCUT2D eigenvalue weighted by Crippen LogP contribution is -2.27. The summed E-state index contributed by atoms with van der Waals surface area (Å²) >= 11 is 0. The highest BCUT2D eigenvalue weighted by Crippen LogP contribution is 2.25. The van der Waals surface area contributed by atoms with Crippen LogP contribution in [0.15, 0.2) is 79.1 Å².